The van der Waals surface area contributed by atoms with E-state index in [2.05, 4.69) is 11.2 Å². The summed E-state index contributed by atoms with van der Waals surface area (Å²) in [6, 6.07) is 17.0. The molecule has 1 atom stereocenters. The van der Waals surface area contributed by atoms with E-state index >= 15 is 0 Å². The van der Waals surface area contributed by atoms with Crippen LogP contribution in [0.2, 0.25) is 5.02 Å². The fraction of sp³-hybridized carbons (Fsp3) is 0.206. The van der Waals surface area contributed by atoms with E-state index in [0.29, 0.717) is 67.0 Å². The Bertz CT molecular complexity index is 2010. The summed E-state index contributed by atoms with van der Waals surface area (Å²) in [5, 5.41) is 3.24. The second kappa shape index (κ2) is 13.8. The van der Waals surface area contributed by atoms with Crippen LogP contribution >= 0.6 is 22.9 Å². The number of rotatable bonds is 10. The maximum atomic E-state index is 14.2. The van der Waals surface area contributed by atoms with Crippen molar-refractivity contribution in [2.45, 2.75) is 19.9 Å². The first-order valence-electron chi connectivity index (χ1n) is 13.9. The van der Waals surface area contributed by atoms with Crippen molar-refractivity contribution in [3.8, 4) is 35.3 Å². The lowest BCUT2D eigenvalue weighted by Gasteiger charge is -2.26. The third-order valence-electron chi connectivity index (χ3n) is 6.95. The molecule has 1 N–H and O–H groups in total. The minimum absolute atomic E-state index is 0.0213. The van der Waals surface area contributed by atoms with Gasteiger partial charge in [0, 0.05) is 5.69 Å². The summed E-state index contributed by atoms with van der Waals surface area (Å²) in [4.78, 5) is 33.2. The average molecular weight is 644 g/mol. The lowest BCUT2D eigenvalue weighted by Crippen LogP contribution is -2.40. The molecule has 11 heteroatoms. The van der Waals surface area contributed by atoms with Gasteiger partial charge in [-0.25, -0.2) is 4.99 Å². The first kappa shape index (κ1) is 31.4. The second-order valence-electron chi connectivity index (χ2n) is 9.77. The number of amides is 1. The normalized spacial score (nSPS) is 14.2. The van der Waals surface area contributed by atoms with Gasteiger partial charge < -0.3 is 24.3 Å². The third-order valence-corrected chi connectivity index (χ3v) is 8.21. The van der Waals surface area contributed by atoms with Gasteiger partial charge in [-0.1, -0.05) is 53.1 Å². The van der Waals surface area contributed by atoms with E-state index in [4.69, 9.17) is 42.0 Å². The number of allylic oxidation sites excluding steroid dienone is 1. The van der Waals surface area contributed by atoms with Crippen molar-refractivity contribution in [2.75, 3.05) is 32.8 Å². The Labute approximate surface area is 269 Å². The smallest absolute Gasteiger partial charge is 0.271 e. The number of ether oxygens (including phenoxy) is 4. The number of aromatic nitrogens is 1. The van der Waals surface area contributed by atoms with E-state index in [1.807, 2.05) is 25.1 Å². The monoisotopic (exact) mass is 643 g/mol. The van der Waals surface area contributed by atoms with E-state index in [1.165, 1.54) is 23.0 Å². The summed E-state index contributed by atoms with van der Waals surface area (Å²) in [5.74, 6) is 3.74. The lowest BCUT2D eigenvalue weighted by atomic mass is 9.94. The van der Waals surface area contributed by atoms with Gasteiger partial charge in [-0.15, -0.1) is 6.42 Å². The standard InChI is InChI=1S/C34H30ClN3O6S/c1-6-15-44-31-24(35)16-21(17-27(31)43-7-2)18-28-33(40)38-30(22-13-14-25(41-4)26(19-22)42-5)29(20(3)36-34(38)45-28)32(39)37-23-11-9-8-10-12-23/h1,8-14,16-19,30H,7,15H2,2-5H3,(H,37,39)/b28-18-/t30-/m0/s1. The molecule has 2 heterocycles. The topological polar surface area (TPSA) is 100 Å². The highest BCUT2D eigenvalue weighted by molar-refractivity contribution is 7.07. The summed E-state index contributed by atoms with van der Waals surface area (Å²) in [6.45, 7) is 3.99. The molecule has 1 aliphatic heterocycles. The summed E-state index contributed by atoms with van der Waals surface area (Å²) < 4.78 is 24.3. The summed E-state index contributed by atoms with van der Waals surface area (Å²) in [5.41, 5.74) is 2.34. The minimum atomic E-state index is -0.811. The number of fused-ring (bicyclic) bond motifs is 1. The van der Waals surface area contributed by atoms with E-state index in [0.717, 1.165) is 0 Å². The molecule has 0 unspecified atom stereocenters. The molecule has 9 nitrogen and oxygen atoms in total. The quantitative estimate of drug-likeness (QED) is 0.246. The molecule has 4 aromatic rings. The lowest BCUT2D eigenvalue weighted by molar-refractivity contribution is -0.113. The molecule has 230 valence electrons. The van der Waals surface area contributed by atoms with Gasteiger partial charge in [0.25, 0.3) is 11.5 Å². The number of halogens is 1. The zero-order chi connectivity index (χ0) is 32.1. The van der Waals surface area contributed by atoms with Gasteiger partial charge in [-0.3, -0.25) is 14.2 Å². The Balaban J connectivity index is 1.68. The molecule has 1 aliphatic rings. The van der Waals surface area contributed by atoms with Crippen molar-refractivity contribution in [3.05, 3.63) is 108 Å². The minimum Gasteiger partial charge on any atom is -0.493 e. The van der Waals surface area contributed by atoms with Crippen molar-refractivity contribution in [1.82, 2.24) is 4.57 Å². The third kappa shape index (κ3) is 6.45. The van der Waals surface area contributed by atoms with Crippen LogP contribution < -0.4 is 39.2 Å². The zero-order valence-electron chi connectivity index (χ0n) is 25.0. The van der Waals surface area contributed by atoms with Crippen LogP contribution in [0.1, 0.15) is 31.0 Å². The van der Waals surface area contributed by atoms with Gasteiger partial charge in [-0.2, -0.15) is 0 Å². The molecule has 0 fully saturated rings. The number of benzene rings is 3. The fourth-order valence-corrected chi connectivity index (χ4v) is 6.33. The first-order valence-corrected chi connectivity index (χ1v) is 15.1. The van der Waals surface area contributed by atoms with Crippen LogP contribution in [-0.4, -0.2) is 37.9 Å². The number of hydrogen-bond donors (Lipinski definition) is 1. The summed E-state index contributed by atoms with van der Waals surface area (Å²) in [7, 11) is 3.07. The average Bonchev–Trinajstić information content (AvgIpc) is 3.33. The van der Waals surface area contributed by atoms with E-state index in [9.17, 15) is 9.59 Å². The maximum absolute atomic E-state index is 14.2. The molecule has 0 saturated heterocycles. The summed E-state index contributed by atoms with van der Waals surface area (Å²) >= 11 is 7.75. The fourth-order valence-electron chi connectivity index (χ4n) is 5.01. The Morgan fingerprint density at radius 2 is 1.84 bits per heavy atom. The molecular formula is C34H30ClN3O6S. The number of hydrogen-bond acceptors (Lipinski definition) is 8. The Morgan fingerprint density at radius 1 is 1.09 bits per heavy atom. The van der Waals surface area contributed by atoms with Crippen molar-refractivity contribution in [3.63, 3.8) is 0 Å². The van der Waals surface area contributed by atoms with Crippen molar-refractivity contribution in [2.24, 2.45) is 4.99 Å². The number of nitrogens with zero attached hydrogens (tertiary/aromatic N) is 2. The summed E-state index contributed by atoms with van der Waals surface area (Å²) in [6.07, 6.45) is 7.06. The van der Waals surface area contributed by atoms with Crippen LogP contribution in [-0.2, 0) is 4.79 Å². The highest BCUT2D eigenvalue weighted by Gasteiger charge is 2.33. The number of para-hydroxylation sites is 1. The van der Waals surface area contributed by atoms with Crippen LogP contribution in [0.3, 0.4) is 0 Å². The van der Waals surface area contributed by atoms with Crippen LogP contribution in [0.15, 0.2) is 81.7 Å². The van der Waals surface area contributed by atoms with Crippen LogP contribution in [0.4, 0.5) is 5.69 Å². The molecular weight excluding hydrogens is 614 g/mol. The number of methoxy groups -OCH3 is 2. The van der Waals surface area contributed by atoms with Crippen molar-refractivity contribution >= 4 is 40.6 Å². The number of anilines is 1. The highest BCUT2D eigenvalue weighted by atomic mass is 35.5. The highest BCUT2D eigenvalue weighted by Crippen LogP contribution is 2.38. The predicted molar refractivity (Wildman–Crippen MR) is 175 cm³/mol. The molecule has 1 amide bonds. The van der Waals surface area contributed by atoms with Crippen LogP contribution in [0.25, 0.3) is 6.08 Å². The Kier molecular flexibility index (Phi) is 9.62. The number of nitrogens with one attached hydrogen (secondary N) is 1. The zero-order valence-corrected chi connectivity index (χ0v) is 26.6. The van der Waals surface area contributed by atoms with E-state index in [1.54, 1.807) is 62.6 Å². The molecule has 0 saturated carbocycles. The SMILES string of the molecule is C#CCOc1c(Cl)cc(/C=c2\sc3n(c2=O)[C@@H](c2ccc(OC)c(OC)c2)C(C(=O)Nc2ccccc2)=C(C)N=3)cc1OCC. The van der Waals surface area contributed by atoms with Crippen LogP contribution in [0, 0.1) is 12.3 Å². The van der Waals surface area contributed by atoms with Gasteiger partial charge in [0.2, 0.25) is 0 Å². The second-order valence-corrected chi connectivity index (χ2v) is 11.2. The number of carbonyl (C=O) groups is 1. The van der Waals surface area contributed by atoms with Gasteiger partial charge in [0.1, 0.15) is 6.61 Å². The van der Waals surface area contributed by atoms with Gasteiger partial charge in [-0.05, 0) is 67.4 Å². The maximum Gasteiger partial charge on any atom is 0.271 e. The Hall–Kier alpha value is -4.98. The largest absolute Gasteiger partial charge is 0.493 e. The number of terminal acetylenes is 1. The van der Waals surface area contributed by atoms with E-state index in [-0.39, 0.29) is 23.1 Å². The molecule has 0 aliphatic carbocycles. The molecule has 45 heavy (non-hydrogen) atoms. The van der Waals surface area contributed by atoms with Gasteiger partial charge in [0.15, 0.2) is 27.8 Å². The number of thiazole rings is 1. The van der Waals surface area contributed by atoms with Crippen molar-refractivity contribution in [1.29, 1.82) is 0 Å². The predicted octanol–water partition coefficient (Wildman–Crippen LogP) is 4.96. The Morgan fingerprint density at radius 3 is 2.53 bits per heavy atom. The molecule has 0 bridgehead atoms. The molecule has 3 aromatic carbocycles. The van der Waals surface area contributed by atoms with Gasteiger partial charge in [0.05, 0.1) is 47.7 Å². The molecule has 0 spiro atoms. The van der Waals surface area contributed by atoms with Gasteiger partial charge >= 0.3 is 0 Å². The van der Waals surface area contributed by atoms with Crippen LogP contribution in [0.5, 0.6) is 23.0 Å². The molecule has 5 rings (SSSR count). The number of carbonyl (C=O) groups excluding carboxylic acids is 1. The van der Waals surface area contributed by atoms with E-state index < -0.39 is 6.04 Å². The molecule has 1 aromatic heterocycles. The molecule has 0 radical (unpaired) electrons. The van der Waals surface area contributed by atoms with Crippen molar-refractivity contribution < 1.29 is 23.7 Å². The first-order chi connectivity index (χ1) is 21.8.